The minimum atomic E-state index is -0.615. The summed E-state index contributed by atoms with van der Waals surface area (Å²) in [6.45, 7) is 0.125. The molecule has 0 unspecified atom stereocenters. The topological polar surface area (TPSA) is 65.1 Å². The molecule has 0 aromatic heterocycles. The van der Waals surface area contributed by atoms with E-state index >= 15 is 0 Å². The van der Waals surface area contributed by atoms with Gasteiger partial charge in [-0.1, -0.05) is 24.3 Å². The minimum absolute atomic E-state index is 0.00647. The Labute approximate surface area is 168 Å². The molecule has 0 bridgehead atoms. The summed E-state index contributed by atoms with van der Waals surface area (Å²) in [6.07, 6.45) is 2.04. The van der Waals surface area contributed by atoms with Crippen molar-refractivity contribution in [1.29, 1.82) is 0 Å². The molecule has 0 N–H and O–H groups in total. The third-order valence-corrected chi connectivity index (χ3v) is 5.18. The fourth-order valence-corrected chi connectivity index (χ4v) is 3.37. The van der Waals surface area contributed by atoms with E-state index in [-0.39, 0.29) is 24.6 Å². The van der Waals surface area contributed by atoms with E-state index in [0.717, 1.165) is 11.1 Å². The Morgan fingerprint density at radius 1 is 0.929 bits per heavy atom. The van der Waals surface area contributed by atoms with Gasteiger partial charge in [0, 0.05) is 10.6 Å². The fraction of sp³-hybridized carbons (Fsp3) is 0.238. The predicted octanol–water partition coefficient (Wildman–Crippen LogP) is 3.47. The minimum Gasteiger partial charge on any atom is -0.466 e. The van der Waals surface area contributed by atoms with Crippen LogP contribution < -0.4 is 4.90 Å². The molecule has 3 rings (SSSR count). The average molecular weight is 399 g/mol. The zero-order valence-electron chi connectivity index (χ0n) is 15.9. The SMILES string of the molecule is COC(=O)C1=C(C(=O)OC)N(c2ccc(-c3ccc(SC)cc3)cc2)COC1. The van der Waals surface area contributed by atoms with E-state index in [1.54, 1.807) is 16.7 Å². The van der Waals surface area contributed by atoms with Gasteiger partial charge in [0.1, 0.15) is 12.4 Å². The third-order valence-electron chi connectivity index (χ3n) is 4.44. The van der Waals surface area contributed by atoms with Crippen molar-refractivity contribution < 1.29 is 23.8 Å². The summed E-state index contributed by atoms with van der Waals surface area (Å²) >= 11 is 1.70. The maximum atomic E-state index is 12.3. The molecule has 1 heterocycles. The summed E-state index contributed by atoms with van der Waals surface area (Å²) in [7, 11) is 2.54. The smallest absolute Gasteiger partial charge is 0.355 e. The Kier molecular flexibility index (Phi) is 6.38. The van der Waals surface area contributed by atoms with Crippen LogP contribution in [0.15, 0.2) is 64.7 Å². The molecule has 0 spiro atoms. The van der Waals surface area contributed by atoms with E-state index in [1.807, 2.05) is 30.5 Å². The van der Waals surface area contributed by atoms with Crippen molar-refractivity contribution in [2.45, 2.75) is 4.90 Å². The van der Waals surface area contributed by atoms with Crippen LogP contribution in [0.1, 0.15) is 0 Å². The summed E-state index contributed by atoms with van der Waals surface area (Å²) in [5.41, 5.74) is 3.13. The highest BCUT2D eigenvalue weighted by atomic mass is 32.2. The van der Waals surface area contributed by atoms with Crippen molar-refractivity contribution in [2.75, 3.05) is 38.7 Å². The molecule has 146 valence electrons. The van der Waals surface area contributed by atoms with Crippen LogP contribution in [-0.4, -0.2) is 45.8 Å². The molecule has 0 atom stereocenters. The number of ether oxygens (including phenoxy) is 3. The van der Waals surface area contributed by atoms with Gasteiger partial charge in [0.05, 0.1) is 26.4 Å². The molecule has 6 nitrogen and oxygen atoms in total. The van der Waals surface area contributed by atoms with Gasteiger partial charge in [-0.2, -0.15) is 0 Å². The van der Waals surface area contributed by atoms with E-state index in [2.05, 4.69) is 24.3 Å². The maximum absolute atomic E-state index is 12.3. The van der Waals surface area contributed by atoms with Crippen LogP contribution in [0.3, 0.4) is 0 Å². The molecule has 0 saturated heterocycles. The molecular weight excluding hydrogens is 378 g/mol. The quantitative estimate of drug-likeness (QED) is 0.563. The van der Waals surface area contributed by atoms with Crippen molar-refractivity contribution in [3.8, 4) is 11.1 Å². The highest BCUT2D eigenvalue weighted by molar-refractivity contribution is 7.98. The summed E-state index contributed by atoms with van der Waals surface area (Å²) < 4.78 is 15.2. The molecule has 2 aromatic carbocycles. The van der Waals surface area contributed by atoms with Gasteiger partial charge >= 0.3 is 11.9 Å². The second-order valence-electron chi connectivity index (χ2n) is 5.99. The van der Waals surface area contributed by atoms with Gasteiger partial charge < -0.3 is 19.1 Å². The Morgan fingerprint density at radius 3 is 2.04 bits per heavy atom. The molecule has 1 aliphatic rings. The zero-order chi connectivity index (χ0) is 20.1. The third kappa shape index (κ3) is 4.05. The molecule has 0 amide bonds. The van der Waals surface area contributed by atoms with Crippen LogP contribution >= 0.6 is 11.8 Å². The number of nitrogens with zero attached hydrogens (tertiary/aromatic N) is 1. The lowest BCUT2D eigenvalue weighted by molar-refractivity contribution is -0.140. The zero-order valence-corrected chi connectivity index (χ0v) is 16.7. The Bertz CT molecular complexity index is 890. The van der Waals surface area contributed by atoms with Crippen LogP contribution in [0.25, 0.3) is 11.1 Å². The molecule has 7 heteroatoms. The van der Waals surface area contributed by atoms with E-state index < -0.39 is 11.9 Å². The molecule has 0 saturated carbocycles. The predicted molar refractivity (Wildman–Crippen MR) is 108 cm³/mol. The van der Waals surface area contributed by atoms with Gasteiger partial charge in [0.25, 0.3) is 0 Å². The Morgan fingerprint density at radius 2 is 1.50 bits per heavy atom. The number of carbonyl (C=O) groups excluding carboxylic acids is 2. The number of esters is 2. The summed E-state index contributed by atoms with van der Waals surface area (Å²) in [6, 6.07) is 16.0. The first-order chi connectivity index (χ1) is 13.6. The second-order valence-corrected chi connectivity index (χ2v) is 6.87. The second kappa shape index (κ2) is 8.95. The monoisotopic (exact) mass is 399 g/mol. The van der Waals surface area contributed by atoms with E-state index in [9.17, 15) is 9.59 Å². The number of hydrogen-bond donors (Lipinski definition) is 0. The number of rotatable bonds is 5. The first-order valence-corrected chi connectivity index (χ1v) is 9.81. The number of benzene rings is 2. The number of carbonyl (C=O) groups is 2. The van der Waals surface area contributed by atoms with Crippen molar-refractivity contribution in [1.82, 2.24) is 0 Å². The lowest BCUT2D eigenvalue weighted by Gasteiger charge is -2.31. The first kappa shape index (κ1) is 20.0. The van der Waals surface area contributed by atoms with Gasteiger partial charge in [0.2, 0.25) is 0 Å². The van der Waals surface area contributed by atoms with Gasteiger partial charge in [-0.3, -0.25) is 0 Å². The van der Waals surface area contributed by atoms with Crippen LogP contribution in [-0.2, 0) is 23.8 Å². The highest BCUT2D eigenvalue weighted by Gasteiger charge is 2.32. The number of methoxy groups -OCH3 is 2. The lowest BCUT2D eigenvalue weighted by atomic mass is 10.0. The molecule has 1 aliphatic heterocycles. The fourth-order valence-electron chi connectivity index (χ4n) is 2.96. The normalized spacial score (nSPS) is 14.0. The number of anilines is 1. The van der Waals surface area contributed by atoms with Crippen molar-refractivity contribution in [3.63, 3.8) is 0 Å². The molecule has 2 aromatic rings. The van der Waals surface area contributed by atoms with E-state index in [4.69, 9.17) is 14.2 Å². The molecule has 28 heavy (non-hydrogen) atoms. The summed E-state index contributed by atoms with van der Waals surface area (Å²) in [5.74, 6) is -1.23. The van der Waals surface area contributed by atoms with Crippen LogP contribution in [0, 0.1) is 0 Å². The van der Waals surface area contributed by atoms with Crippen molar-refractivity contribution in [3.05, 3.63) is 59.8 Å². The molecule has 0 aliphatic carbocycles. The maximum Gasteiger partial charge on any atom is 0.355 e. The van der Waals surface area contributed by atoms with Crippen molar-refractivity contribution >= 4 is 29.4 Å². The molecule has 0 fully saturated rings. The lowest BCUT2D eigenvalue weighted by Crippen LogP contribution is -2.38. The number of hydrogen-bond acceptors (Lipinski definition) is 7. The summed E-state index contributed by atoms with van der Waals surface area (Å²) in [5, 5.41) is 0. The highest BCUT2D eigenvalue weighted by Crippen LogP contribution is 2.29. The van der Waals surface area contributed by atoms with Gasteiger partial charge in [-0.05, 0) is 41.6 Å². The van der Waals surface area contributed by atoms with Crippen molar-refractivity contribution in [2.24, 2.45) is 0 Å². The Hall–Kier alpha value is -2.77. The van der Waals surface area contributed by atoms with Crippen LogP contribution in [0.4, 0.5) is 5.69 Å². The first-order valence-electron chi connectivity index (χ1n) is 8.58. The van der Waals surface area contributed by atoms with Crippen LogP contribution in [0.2, 0.25) is 0 Å². The van der Waals surface area contributed by atoms with Gasteiger partial charge in [0.15, 0.2) is 0 Å². The molecular formula is C21H21NO5S. The van der Waals surface area contributed by atoms with E-state index in [0.29, 0.717) is 5.69 Å². The number of thioether (sulfide) groups is 1. The van der Waals surface area contributed by atoms with Gasteiger partial charge in [-0.25, -0.2) is 9.59 Å². The van der Waals surface area contributed by atoms with E-state index in [1.165, 1.54) is 19.1 Å². The Balaban J connectivity index is 1.94. The van der Waals surface area contributed by atoms with Gasteiger partial charge in [-0.15, -0.1) is 11.8 Å². The van der Waals surface area contributed by atoms with Crippen LogP contribution in [0.5, 0.6) is 0 Å². The average Bonchev–Trinajstić information content (AvgIpc) is 2.77. The largest absolute Gasteiger partial charge is 0.466 e. The summed E-state index contributed by atoms with van der Waals surface area (Å²) in [4.78, 5) is 27.2. The standard InChI is InChI=1S/C21H21NO5S/c1-25-20(23)18-12-27-13-22(19(18)21(24)26-2)16-8-4-14(5-9-16)15-6-10-17(28-3)11-7-15/h4-11H,12-13H2,1-3H3. The molecule has 0 radical (unpaired) electrons.